The molecule has 1 aliphatic rings. The Bertz CT molecular complexity index is 405. The molecule has 0 aliphatic heterocycles. The molecular formula is C13H16O2. The van der Waals surface area contributed by atoms with Crippen LogP contribution < -0.4 is 4.74 Å². The number of ether oxygens (including phenoxy) is 1. The van der Waals surface area contributed by atoms with Crippen LogP contribution in [0.4, 0.5) is 0 Å². The van der Waals surface area contributed by atoms with E-state index in [1.807, 2.05) is 18.2 Å². The monoisotopic (exact) mass is 204 g/mol. The van der Waals surface area contributed by atoms with Crippen LogP contribution in [0, 0.1) is 0 Å². The molecule has 1 aliphatic carbocycles. The number of hydrogen-bond acceptors (Lipinski definition) is 2. The summed E-state index contributed by atoms with van der Waals surface area (Å²) in [5.41, 5.74) is 1.95. The lowest BCUT2D eigenvalue weighted by atomic mass is 9.72. The molecule has 0 bridgehead atoms. The van der Waals surface area contributed by atoms with Gasteiger partial charge in [-0.3, -0.25) is 4.79 Å². The Kier molecular flexibility index (Phi) is 2.29. The van der Waals surface area contributed by atoms with Crippen molar-refractivity contribution in [2.24, 2.45) is 0 Å². The quantitative estimate of drug-likeness (QED) is 0.703. The maximum absolute atomic E-state index is 11.8. The van der Waals surface area contributed by atoms with E-state index in [0.717, 1.165) is 23.3 Å². The zero-order valence-electron chi connectivity index (χ0n) is 9.46. The zero-order valence-corrected chi connectivity index (χ0v) is 9.46. The summed E-state index contributed by atoms with van der Waals surface area (Å²) in [6.07, 6.45) is 1.55. The Labute approximate surface area is 90.3 Å². The van der Waals surface area contributed by atoms with Gasteiger partial charge in [-0.15, -0.1) is 0 Å². The smallest absolute Gasteiger partial charge is 0.163 e. The first-order valence-corrected chi connectivity index (χ1v) is 5.27. The topological polar surface area (TPSA) is 26.3 Å². The summed E-state index contributed by atoms with van der Waals surface area (Å²) in [6, 6.07) is 5.72. The van der Waals surface area contributed by atoms with Gasteiger partial charge in [-0.25, -0.2) is 0 Å². The Morgan fingerprint density at radius 1 is 1.33 bits per heavy atom. The lowest BCUT2D eigenvalue weighted by molar-refractivity contribution is 0.0955. The van der Waals surface area contributed by atoms with Gasteiger partial charge in [-0.05, 0) is 17.9 Å². The van der Waals surface area contributed by atoms with Crippen molar-refractivity contribution in [2.45, 2.75) is 32.1 Å². The van der Waals surface area contributed by atoms with E-state index in [4.69, 9.17) is 4.74 Å². The summed E-state index contributed by atoms with van der Waals surface area (Å²) in [5, 5.41) is 0. The first-order chi connectivity index (χ1) is 7.06. The van der Waals surface area contributed by atoms with Crippen molar-refractivity contribution >= 4 is 5.78 Å². The van der Waals surface area contributed by atoms with E-state index in [2.05, 4.69) is 13.8 Å². The van der Waals surface area contributed by atoms with E-state index >= 15 is 0 Å². The van der Waals surface area contributed by atoms with Crippen molar-refractivity contribution in [2.75, 3.05) is 7.11 Å². The molecule has 1 aromatic rings. The third kappa shape index (κ3) is 1.54. The van der Waals surface area contributed by atoms with Gasteiger partial charge in [-0.1, -0.05) is 26.0 Å². The van der Waals surface area contributed by atoms with E-state index in [-0.39, 0.29) is 11.2 Å². The lowest BCUT2D eigenvalue weighted by Gasteiger charge is -2.32. The van der Waals surface area contributed by atoms with Crippen LogP contribution >= 0.6 is 0 Å². The van der Waals surface area contributed by atoms with Crippen LogP contribution in [-0.2, 0) is 5.41 Å². The fraction of sp³-hybridized carbons (Fsp3) is 0.462. The second kappa shape index (κ2) is 3.37. The van der Waals surface area contributed by atoms with E-state index in [1.54, 1.807) is 7.11 Å². The van der Waals surface area contributed by atoms with Crippen molar-refractivity contribution < 1.29 is 9.53 Å². The molecule has 0 saturated heterocycles. The van der Waals surface area contributed by atoms with Crippen molar-refractivity contribution in [3.63, 3.8) is 0 Å². The first-order valence-electron chi connectivity index (χ1n) is 5.27. The SMILES string of the molecule is COc1cccc2c1C(C)(C)CCC2=O. The number of rotatable bonds is 1. The van der Waals surface area contributed by atoms with Crippen LogP contribution in [0.3, 0.4) is 0 Å². The predicted octanol–water partition coefficient (Wildman–Crippen LogP) is 2.95. The molecule has 2 rings (SSSR count). The van der Waals surface area contributed by atoms with Crippen LogP contribution in [0.2, 0.25) is 0 Å². The molecule has 0 N–H and O–H groups in total. The van der Waals surface area contributed by atoms with Crippen LogP contribution in [-0.4, -0.2) is 12.9 Å². The largest absolute Gasteiger partial charge is 0.496 e. The van der Waals surface area contributed by atoms with Gasteiger partial charge >= 0.3 is 0 Å². The third-order valence-corrected chi connectivity index (χ3v) is 3.20. The van der Waals surface area contributed by atoms with Crippen LogP contribution in [0.25, 0.3) is 0 Å². The number of ketones is 1. The number of benzene rings is 1. The average molecular weight is 204 g/mol. The highest BCUT2D eigenvalue weighted by molar-refractivity contribution is 5.99. The highest BCUT2D eigenvalue weighted by atomic mass is 16.5. The maximum Gasteiger partial charge on any atom is 0.163 e. The molecule has 2 nitrogen and oxygen atoms in total. The van der Waals surface area contributed by atoms with Gasteiger partial charge in [0, 0.05) is 17.5 Å². The Hall–Kier alpha value is -1.31. The van der Waals surface area contributed by atoms with Gasteiger partial charge in [0.15, 0.2) is 5.78 Å². The minimum atomic E-state index is 0.0375. The highest BCUT2D eigenvalue weighted by Crippen LogP contribution is 2.41. The number of carbonyl (C=O) groups excluding carboxylic acids is 1. The lowest BCUT2D eigenvalue weighted by Crippen LogP contribution is -2.27. The first kappa shape index (κ1) is 10.2. The van der Waals surface area contributed by atoms with Crippen molar-refractivity contribution in [1.29, 1.82) is 0 Å². The van der Waals surface area contributed by atoms with Gasteiger partial charge < -0.3 is 4.74 Å². The molecule has 0 fully saturated rings. The molecule has 0 aromatic heterocycles. The predicted molar refractivity (Wildman–Crippen MR) is 59.6 cm³/mol. The number of methoxy groups -OCH3 is 1. The van der Waals surface area contributed by atoms with Crippen molar-refractivity contribution in [3.8, 4) is 5.75 Å². The molecule has 1 aromatic carbocycles. The Balaban J connectivity index is 2.68. The molecule has 0 amide bonds. The van der Waals surface area contributed by atoms with E-state index in [1.165, 1.54) is 0 Å². The third-order valence-electron chi connectivity index (χ3n) is 3.20. The normalized spacial score (nSPS) is 18.5. The fourth-order valence-corrected chi connectivity index (χ4v) is 2.32. The second-order valence-corrected chi connectivity index (χ2v) is 4.69. The summed E-state index contributed by atoms with van der Waals surface area (Å²) in [6.45, 7) is 4.33. The zero-order chi connectivity index (χ0) is 11.1. The molecule has 80 valence electrons. The van der Waals surface area contributed by atoms with Gasteiger partial charge in [0.1, 0.15) is 5.75 Å². The molecule has 0 radical (unpaired) electrons. The van der Waals surface area contributed by atoms with Crippen LogP contribution in [0.1, 0.15) is 42.6 Å². The maximum atomic E-state index is 11.8. The number of hydrogen-bond donors (Lipinski definition) is 0. The van der Waals surface area contributed by atoms with E-state index < -0.39 is 0 Å². The number of fused-ring (bicyclic) bond motifs is 1. The number of Topliss-reactive ketones (excluding diaryl/α,β-unsaturated/α-hetero) is 1. The molecule has 0 unspecified atom stereocenters. The molecular weight excluding hydrogens is 188 g/mol. The molecule has 15 heavy (non-hydrogen) atoms. The van der Waals surface area contributed by atoms with Crippen molar-refractivity contribution in [1.82, 2.24) is 0 Å². The number of carbonyl (C=O) groups is 1. The minimum Gasteiger partial charge on any atom is -0.496 e. The van der Waals surface area contributed by atoms with Crippen LogP contribution in [0.5, 0.6) is 5.75 Å². The standard InChI is InChI=1S/C13H16O2/c1-13(2)8-7-10(14)9-5-4-6-11(15-3)12(9)13/h4-6H,7-8H2,1-3H3. The minimum absolute atomic E-state index is 0.0375. The molecule has 0 heterocycles. The second-order valence-electron chi connectivity index (χ2n) is 4.69. The molecule has 2 heteroatoms. The average Bonchev–Trinajstić information content (AvgIpc) is 2.23. The highest BCUT2D eigenvalue weighted by Gasteiger charge is 2.34. The van der Waals surface area contributed by atoms with Gasteiger partial charge in [-0.2, -0.15) is 0 Å². The van der Waals surface area contributed by atoms with E-state index in [0.29, 0.717) is 6.42 Å². The fourth-order valence-electron chi connectivity index (χ4n) is 2.32. The summed E-state index contributed by atoms with van der Waals surface area (Å²) in [4.78, 5) is 11.8. The molecule has 0 atom stereocenters. The van der Waals surface area contributed by atoms with Gasteiger partial charge in [0.05, 0.1) is 7.11 Å². The summed E-state index contributed by atoms with van der Waals surface area (Å²) < 4.78 is 5.34. The molecule has 0 spiro atoms. The van der Waals surface area contributed by atoms with Gasteiger partial charge in [0.2, 0.25) is 0 Å². The van der Waals surface area contributed by atoms with Crippen LogP contribution in [0.15, 0.2) is 18.2 Å². The summed E-state index contributed by atoms with van der Waals surface area (Å²) in [5.74, 6) is 1.08. The van der Waals surface area contributed by atoms with E-state index in [9.17, 15) is 4.79 Å². The Morgan fingerprint density at radius 3 is 2.73 bits per heavy atom. The molecule has 0 saturated carbocycles. The summed E-state index contributed by atoms with van der Waals surface area (Å²) in [7, 11) is 1.66. The Morgan fingerprint density at radius 2 is 2.07 bits per heavy atom. The van der Waals surface area contributed by atoms with Gasteiger partial charge in [0.25, 0.3) is 0 Å². The summed E-state index contributed by atoms with van der Waals surface area (Å²) >= 11 is 0. The van der Waals surface area contributed by atoms with Crippen molar-refractivity contribution in [3.05, 3.63) is 29.3 Å².